The number of fused-ring (bicyclic) bond motifs is 1. The monoisotopic (exact) mass is 383 g/mol. The van der Waals surface area contributed by atoms with Crippen LogP contribution in [0, 0.1) is 0 Å². The smallest absolute Gasteiger partial charge is 0.254 e. The van der Waals surface area contributed by atoms with Crippen molar-refractivity contribution >= 4 is 23.4 Å². The molecule has 0 saturated carbocycles. The Labute approximate surface area is 162 Å². The summed E-state index contributed by atoms with van der Waals surface area (Å²) in [6, 6.07) is 12.9. The summed E-state index contributed by atoms with van der Waals surface area (Å²) in [6.07, 6.45) is -0.166. The van der Waals surface area contributed by atoms with E-state index in [1.54, 1.807) is 43.5 Å². The number of hydrogen-bond acceptors (Lipinski definition) is 5. The van der Waals surface area contributed by atoms with Crippen molar-refractivity contribution in [2.24, 2.45) is 0 Å². The van der Waals surface area contributed by atoms with Gasteiger partial charge in [0.15, 0.2) is 11.5 Å². The number of hydrogen-bond donors (Lipinski definition) is 3. The van der Waals surface area contributed by atoms with E-state index in [4.69, 9.17) is 9.47 Å². The van der Waals surface area contributed by atoms with Gasteiger partial charge in [0.2, 0.25) is 11.8 Å². The zero-order valence-electron chi connectivity index (χ0n) is 15.4. The maximum Gasteiger partial charge on any atom is 0.254 e. The third kappa shape index (κ3) is 4.59. The Kier molecular flexibility index (Phi) is 6.11. The van der Waals surface area contributed by atoms with Crippen LogP contribution in [0.2, 0.25) is 0 Å². The van der Waals surface area contributed by atoms with Crippen molar-refractivity contribution < 1.29 is 23.9 Å². The summed E-state index contributed by atoms with van der Waals surface area (Å²) in [6.45, 7) is 0.486. The number of carbonyl (C=O) groups is 3. The Morgan fingerprint density at radius 2 is 1.79 bits per heavy atom. The lowest BCUT2D eigenvalue weighted by Crippen LogP contribution is -2.45. The van der Waals surface area contributed by atoms with Gasteiger partial charge in [0.05, 0.1) is 31.3 Å². The predicted molar refractivity (Wildman–Crippen MR) is 102 cm³/mol. The van der Waals surface area contributed by atoms with Gasteiger partial charge in [-0.2, -0.15) is 0 Å². The van der Waals surface area contributed by atoms with Gasteiger partial charge in [-0.3, -0.25) is 14.4 Å². The van der Waals surface area contributed by atoms with Crippen LogP contribution in [0.1, 0.15) is 16.8 Å². The molecule has 2 aromatic carbocycles. The highest BCUT2D eigenvalue weighted by atomic mass is 16.5. The molecule has 1 unspecified atom stereocenters. The van der Waals surface area contributed by atoms with Crippen LogP contribution in [0.5, 0.6) is 11.5 Å². The molecule has 3 rings (SSSR count). The molecule has 1 aliphatic heterocycles. The Bertz CT molecular complexity index is 884. The van der Waals surface area contributed by atoms with E-state index in [2.05, 4.69) is 16.0 Å². The summed E-state index contributed by atoms with van der Waals surface area (Å²) in [7, 11) is 1.55. The first kappa shape index (κ1) is 19.2. The second-order valence-electron chi connectivity index (χ2n) is 6.11. The Hall–Kier alpha value is -3.55. The van der Waals surface area contributed by atoms with Crippen LogP contribution in [0.4, 0.5) is 5.69 Å². The Balaban J connectivity index is 1.48. The second-order valence-corrected chi connectivity index (χ2v) is 6.11. The highest BCUT2D eigenvalue weighted by molar-refractivity contribution is 6.10. The highest BCUT2D eigenvalue weighted by Crippen LogP contribution is 2.25. The molecule has 0 saturated heterocycles. The SMILES string of the molecule is COc1ccccc1OCCNC(=O)CC1NC(=O)c2ccccc2NC1=O. The van der Waals surface area contributed by atoms with E-state index in [9.17, 15) is 14.4 Å². The molecule has 1 aliphatic rings. The van der Waals surface area contributed by atoms with Crippen molar-refractivity contribution in [3.05, 3.63) is 54.1 Å². The van der Waals surface area contributed by atoms with E-state index in [0.717, 1.165) is 0 Å². The number of para-hydroxylation sites is 3. The summed E-state index contributed by atoms with van der Waals surface area (Å²) in [5.74, 6) is -0.0151. The third-order valence-electron chi connectivity index (χ3n) is 4.19. The van der Waals surface area contributed by atoms with Crippen molar-refractivity contribution in [3.8, 4) is 11.5 Å². The molecule has 2 aromatic rings. The van der Waals surface area contributed by atoms with Crippen LogP contribution in [0.25, 0.3) is 0 Å². The number of nitrogens with one attached hydrogen (secondary N) is 3. The topological polar surface area (TPSA) is 106 Å². The molecule has 1 atom stereocenters. The number of amides is 3. The van der Waals surface area contributed by atoms with Crippen molar-refractivity contribution in [2.75, 3.05) is 25.6 Å². The number of rotatable bonds is 7. The fourth-order valence-corrected chi connectivity index (χ4v) is 2.80. The molecule has 0 aromatic heterocycles. The van der Waals surface area contributed by atoms with E-state index in [0.29, 0.717) is 22.7 Å². The zero-order valence-corrected chi connectivity index (χ0v) is 15.4. The predicted octanol–water partition coefficient (Wildman–Crippen LogP) is 1.33. The van der Waals surface area contributed by atoms with E-state index in [1.807, 2.05) is 12.1 Å². The maximum absolute atomic E-state index is 12.3. The molecule has 0 fully saturated rings. The van der Waals surface area contributed by atoms with Gasteiger partial charge in [0.1, 0.15) is 12.6 Å². The molecule has 1 heterocycles. The van der Waals surface area contributed by atoms with Gasteiger partial charge in [-0.25, -0.2) is 0 Å². The Morgan fingerprint density at radius 3 is 2.57 bits per heavy atom. The lowest BCUT2D eigenvalue weighted by atomic mass is 10.1. The second kappa shape index (κ2) is 8.90. The first-order valence-corrected chi connectivity index (χ1v) is 8.81. The van der Waals surface area contributed by atoms with E-state index in [1.165, 1.54) is 0 Å². The highest BCUT2D eigenvalue weighted by Gasteiger charge is 2.29. The summed E-state index contributed by atoms with van der Waals surface area (Å²) < 4.78 is 10.8. The molecule has 0 radical (unpaired) electrons. The van der Waals surface area contributed by atoms with E-state index < -0.39 is 17.9 Å². The van der Waals surface area contributed by atoms with Crippen molar-refractivity contribution in [2.45, 2.75) is 12.5 Å². The summed E-state index contributed by atoms with van der Waals surface area (Å²) in [4.78, 5) is 36.7. The first-order valence-electron chi connectivity index (χ1n) is 8.81. The van der Waals surface area contributed by atoms with Gasteiger partial charge in [-0.05, 0) is 24.3 Å². The van der Waals surface area contributed by atoms with Crippen LogP contribution >= 0.6 is 0 Å². The average Bonchev–Trinajstić information content (AvgIpc) is 2.82. The molecule has 8 nitrogen and oxygen atoms in total. The van der Waals surface area contributed by atoms with Crippen LogP contribution in [0.15, 0.2) is 48.5 Å². The van der Waals surface area contributed by atoms with Crippen LogP contribution in [-0.2, 0) is 9.59 Å². The van der Waals surface area contributed by atoms with Gasteiger partial charge < -0.3 is 25.4 Å². The molecule has 146 valence electrons. The number of anilines is 1. The first-order chi connectivity index (χ1) is 13.6. The number of carbonyl (C=O) groups excluding carboxylic acids is 3. The summed E-state index contributed by atoms with van der Waals surface area (Å²) in [5, 5.41) is 7.93. The fraction of sp³-hybridized carbons (Fsp3) is 0.250. The molecule has 3 N–H and O–H groups in total. The minimum Gasteiger partial charge on any atom is -0.493 e. The lowest BCUT2D eigenvalue weighted by molar-refractivity contribution is -0.125. The van der Waals surface area contributed by atoms with Crippen LogP contribution < -0.4 is 25.4 Å². The molecule has 8 heteroatoms. The van der Waals surface area contributed by atoms with Crippen molar-refractivity contribution in [1.29, 1.82) is 0 Å². The van der Waals surface area contributed by atoms with Gasteiger partial charge >= 0.3 is 0 Å². The fourth-order valence-electron chi connectivity index (χ4n) is 2.80. The minimum atomic E-state index is -0.949. The maximum atomic E-state index is 12.3. The van der Waals surface area contributed by atoms with Gasteiger partial charge in [-0.1, -0.05) is 24.3 Å². The third-order valence-corrected chi connectivity index (χ3v) is 4.19. The summed E-state index contributed by atoms with van der Waals surface area (Å²) in [5.41, 5.74) is 0.794. The van der Waals surface area contributed by atoms with Gasteiger partial charge in [-0.15, -0.1) is 0 Å². The zero-order chi connectivity index (χ0) is 19.9. The Morgan fingerprint density at radius 1 is 1.07 bits per heavy atom. The van der Waals surface area contributed by atoms with Gasteiger partial charge in [0.25, 0.3) is 5.91 Å². The number of ether oxygens (including phenoxy) is 2. The molecule has 0 bridgehead atoms. The largest absolute Gasteiger partial charge is 0.493 e. The van der Waals surface area contributed by atoms with Crippen molar-refractivity contribution in [1.82, 2.24) is 10.6 Å². The number of methoxy groups -OCH3 is 1. The molecule has 28 heavy (non-hydrogen) atoms. The lowest BCUT2D eigenvalue weighted by Gasteiger charge is -2.15. The van der Waals surface area contributed by atoms with Crippen LogP contribution in [0.3, 0.4) is 0 Å². The normalized spacial score (nSPS) is 15.5. The van der Waals surface area contributed by atoms with Crippen molar-refractivity contribution in [3.63, 3.8) is 0 Å². The average molecular weight is 383 g/mol. The molecule has 0 aliphatic carbocycles. The summed E-state index contributed by atoms with van der Waals surface area (Å²) >= 11 is 0. The molecule has 0 spiro atoms. The standard InChI is InChI=1S/C20H21N3O5/c1-27-16-8-4-5-9-17(16)28-11-10-21-18(24)12-15-20(26)22-14-7-3-2-6-13(14)19(25)23-15/h2-9,15H,10-12H2,1H3,(H,21,24)(H,22,26)(H,23,25). The quantitative estimate of drug-likeness (QED) is 0.626. The minimum absolute atomic E-state index is 0.166. The van der Waals surface area contributed by atoms with Gasteiger partial charge in [0, 0.05) is 0 Å². The molecular weight excluding hydrogens is 362 g/mol. The van der Waals surface area contributed by atoms with E-state index >= 15 is 0 Å². The van der Waals surface area contributed by atoms with E-state index in [-0.39, 0.29) is 25.5 Å². The van der Waals surface area contributed by atoms with Crippen LogP contribution in [-0.4, -0.2) is 44.0 Å². The number of benzene rings is 2. The molecule has 3 amide bonds. The molecular formula is C20H21N3O5.